The minimum absolute atomic E-state index is 0.676. The molecule has 0 amide bonds. The second-order valence-corrected chi connectivity index (χ2v) is 3.45. The van der Waals surface area contributed by atoms with Gasteiger partial charge in [0.1, 0.15) is 0 Å². The van der Waals surface area contributed by atoms with Crippen LogP contribution in [0, 0.1) is 0 Å². The van der Waals surface area contributed by atoms with E-state index in [4.69, 9.17) is 5.73 Å². The van der Waals surface area contributed by atoms with E-state index < -0.39 is 0 Å². The first kappa shape index (κ1) is 6.14. The van der Waals surface area contributed by atoms with Gasteiger partial charge in [0.15, 0.2) is 0 Å². The Hall–Kier alpha value is 0.0200. The predicted molar refractivity (Wildman–Crippen MR) is 38.8 cm³/mol. The summed E-state index contributed by atoms with van der Waals surface area (Å²) in [7, 11) is 0. The maximum absolute atomic E-state index is 5.54. The van der Waals surface area contributed by atoms with Crippen molar-refractivity contribution in [3.8, 4) is 0 Å². The van der Waals surface area contributed by atoms with Crippen molar-refractivity contribution < 1.29 is 0 Å². The highest BCUT2D eigenvalue weighted by molar-refractivity contribution is 9.09. The molecule has 0 aromatic heterocycles. The monoisotopic (exact) mass is 175 g/mol. The molecule has 1 rings (SSSR count). The van der Waals surface area contributed by atoms with Crippen molar-refractivity contribution in [2.75, 3.05) is 0 Å². The van der Waals surface area contributed by atoms with E-state index in [-0.39, 0.29) is 0 Å². The Bertz CT molecular complexity index is 109. The minimum atomic E-state index is 0.676. The van der Waals surface area contributed by atoms with E-state index >= 15 is 0 Å². The lowest BCUT2D eigenvalue weighted by Gasteiger charge is -2.12. The molecule has 0 saturated heterocycles. The number of alkyl halides is 1. The van der Waals surface area contributed by atoms with Gasteiger partial charge in [0.25, 0.3) is 0 Å². The van der Waals surface area contributed by atoms with Gasteiger partial charge in [0.05, 0.1) is 0 Å². The smallest absolute Gasteiger partial charge is 0.0184 e. The molecule has 0 aromatic carbocycles. The normalized spacial score (nSPS) is 29.6. The molecule has 0 aromatic rings. The first-order valence-corrected chi connectivity index (χ1v) is 3.79. The largest absolute Gasteiger partial charge is 0.402 e. The first-order chi connectivity index (χ1) is 3.79. The van der Waals surface area contributed by atoms with Gasteiger partial charge in [-0.1, -0.05) is 22.0 Å². The number of nitrogens with two attached hydrogens (primary N) is 1. The topological polar surface area (TPSA) is 26.0 Å². The van der Waals surface area contributed by atoms with E-state index in [1.54, 1.807) is 0 Å². The summed E-state index contributed by atoms with van der Waals surface area (Å²) in [6.07, 6.45) is 5.47. The molecule has 1 aliphatic rings. The maximum Gasteiger partial charge on any atom is 0.0184 e. The van der Waals surface area contributed by atoms with Crippen LogP contribution in [0.1, 0.15) is 19.3 Å². The van der Waals surface area contributed by atoms with E-state index in [1.165, 1.54) is 6.42 Å². The van der Waals surface area contributed by atoms with E-state index in [9.17, 15) is 0 Å². The first-order valence-electron chi connectivity index (χ1n) is 2.87. The number of hydrogen-bond donors (Lipinski definition) is 1. The molecular weight excluding hydrogens is 166 g/mol. The maximum atomic E-state index is 5.54. The number of rotatable bonds is 0. The number of allylic oxidation sites excluding steroid dienone is 2. The van der Waals surface area contributed by atoms with E-state index in [2.05, 4.69) is 22.0 Å². The molecule has 1 atom stereocenters. The molecule has 0 bridgehead atoms. The Morgan fingerprint density at radius 2 is 2.50 bits per heavy atom. The van der Waals surface area contributed by atoms with Crippen molar-refractivity contribution in [2.24, 2.45) is 5.73 Å². The molecule has 46 valence electrons. The van der Waals surface area contributed by atoms with Gasteiger partial charge in [0, 0.05) is 10.5 Å². The van der Waals surface area contributed by atoms with Gasteiger partial charge in [-0.05, 0) is 19.3 Å². The number of hydrogen-bond acceptors (Lipinski definition) is 1. The van der Waals surface area contributed by atoms with Gasteiger partial charge < -0.3 is 5.73 Å². The van der Waals surface area contributed by atoms with Crippen molar-refractivity contribution in [3.05, 3.63) is 11.8 Å². The SMILES string of the molecule is NC1=CCC(Br)CC1. The fourth-order valence-corrected chi connectivity index (χ4v) is 1.24. The molecule has 0 radical (unpaired) electrons. The molecule has 0 heterocycles. The van der Waals surface area contributed by atoms with Crippen LogP contribution < -0.4 is 5.73 Å². The van der Waals surface area contributed by atoms with E-state index in [1.807, 2.05) is 0 Å². The van der Waals surface area contributed by atoms with Gasteiger partial charge in [-0.3, -0.25) is 0 Å². The zero-order valence-corrected chi connectivity index (χ0v) is 6.32. The van der Waals surface area contributed by atoms with E-state index in [0.717, 1.165) is 18.5 Å². The molecular formula is C6H10BrN. The summed E-state index contributed by atoms with van der Waals surface area (Å²) in [5.74, 6) is 0. The summed E-state index contributed by atoms with van der Waals surface area (Å²) < 4.78 is 0. The van der Waals surface area contributed by atoms with Crippen LogP contribution in [0.3, 0.4) is 0 Å². The van der Waals surface area contributed by atoms with Crippen LogP contribution in [0.2, 0.25) is 0 Å². The lowest BCUT2D eigenvalue weighted by molar-refractivity contribution is 0.721. The Labute approximate surface area is 58.1 Å². The molecule has 0 saturated carbocycles. The predicted octanol–water partition coefficient (Wildman–Crippen LogP) is 1.78. The average Bonchev–Trinajstić information content (AvgIpc) is 1.77. The van der Waals surface area contributed by atoms with Crippen LogP contribution in [0.25, 0.3) is 0 Å². The van der Waals surface area contributed by atoms with Crippen LogP contribution in [-0.4, -0.2) is 4.83 Å². The zero-order valence-electron chi connectivity index (χ0n) is 4.73. The molecule has 8 heavy (non-hydrogen) atoms. The summed E-state index contributed by atoms with van der Waals surface area (Å²) >= 11 is 3.52. The van der Waals surface area contributed by atoms with Crippen molar-refractivity contribution in [3.63, 3.8) is 0 Å². The zero-order chi connectivity index (χ0) is 5.98. The van der Waals surface area contributed by atoms with Gasteiger partial charge in [-0.25, -0.2) is 0 Å². The minimum Gasteiger partial charge on any atom is -0.402 e. The summed E-state index contributed by atoms with van der Waals surface area (Å²) in [5.41, 5.74) is 6.59. The van der Waals surface area contributed by atoms with Crippen LogP contribution in [0.5, 0.6) is 0 Å². The second kappa shape index (κ2) is 2.53. The highest BCUT2D eigenvalue weighted by Gasteiger charge is 2.07. The van der Waals surface area contributed by atoms with Crippen molar-refractivity contribution in [1.29, 1.82) is 0 Å². The van der Waals surface area contributed by atoms with Gasteiger partial charge in [-0.2, -0.15) is 0 Å². The van der Waals surface area contributed by atoms with Crippen molar-refractivity contribution in [1.82, 2.24) is 0 Å². The van der Waals surface area contributed by atoms with Crippen molar-refractivity contribution in [2.45, 2.75) is 24.1 Å². The molecule has 0 aliphatic heterocycles. The average molecular weight is 176 g/mol. The molecule has 2 N–H and O–H groups in total. The van der Waals surface area contributed by atoms with Crippen LogP contribution in [-0.2, 0) is 0 Å². The Balaban J connectivity index is 2.42. The number of halogens is 1. The summed E-state index contributed by atoms with van der Waals surface area (Å²) in [6, 6.07) is 0. The summed E-state index contributed by atoms with van der Waals surface area (Å²) in [5, 5.41) is 0. The third-order valence-electron chi connectivity index (χ3n) is 1.38. The Kier molecular flexibility index (Phi) is 1.95. The van der Waals surface area contributed by atoms with Crippen LogP contribution in [0.15, 0.2) is 11.8 Å². The molecule has 0 fully saturated rings. The van der Waals surface area contributed by atoms with Gasteiger partial charge in [0.2, 0.25) is 0 Å². The highest BCUT2D eigenvalue weighted by atomic mass is 79.9. The lowest BCUT2D eigenvalue weighted by atomic mass is 10.1. The fourth-order valence-electron chi connectivity index (χ4n) is 0.822. The lowest BCUT2D eigenvalue weighted by Crippen LogP contribution is -2.08. The molecule has 2 heteroatoms. The van der Waals surface area contributed by atoms with Crippen molar-refractivity contribution >= 4 is 15.9 Å². The van der Waals surface area contributed by atoms with Crippen LogP contribution in [0.4, 0.5) is 0 Å². The Morgan fingerprint density at radius 1 is 1.75 bits per heavy atom. The standard InChI is InChI=1S/C6H10BrN/c7-5-1-3-6(8)4-2-5/h3,5H,1-2,4,8H2. The fraction of sp³-hybridized carbons (Fsp3) is 0.667. The third kappa shape index (κ3) is 1.51. The molecule has 1 unspecified atom stereocenters. The second-order valence-electron chi connectivity index (χ2n) is 2.15. The Morgan fingerprint density at radius 3 is 2.88 bits per heavy atom. The summed E-state index contributed by atoms with van der Waals surface area (Å²) in [4.78, 5) is 0.676. The van der Waals surface area contributed by atoms with E-state index in [0.29, 0.717) is 4.83 Å². The van der Waals surface area contributed by atoms with Gasteiger partial charge in [-0.15, -0.1) is 0 Å². The van der Waals surface area contributed by atoms with Gasteiger partial charge >= 0.3 is 0 Å². The van der Waals surface area contributed by atoms with Crippen LogP contribution >= 0.6 is 15.9 Å². The molecule has 1 nitrogen and oxygen atoms in total. The molecule has 1 aliphatic carbocycles. The highest BCUT2D eigenvalue weighted by Crippen LogP contribution is 2.20. The summed E-state index contributed by atoms with van der Waals surface area (Å²) in [6.45, 7) is 0. The quantitative estimate of drug-likeness (QED) is 0.559. The third-order valence-corrected chi connectivity index (χ3v) is 2.21. The molecule has 0 spiro atoms.